The third-order valence-corrected chi connectivity index (χ3v) is 26.1. The third kappa shape index (κ3) is 43.1. The molecule has 2 aliphatic rings. The van der Waals surface area contributed by atoms with Gasteiger partial charge in [0.25, 0.3) is 11.5 Å². The molecule has 4 heterocycles. The van der Waals surface area contributed by atoms with E-state index >= 15 is 0 Å². The van der Waals surface area contributed by atoms with Gasteiger partial charge < -0.3 is 48.6 Å². The van der Waals surface area contributed by atoms with Crippen LogP contribution >= 0.6 is 18.2 Å². The van der Waals surface area contributed by atoms with Gasteiger partial charge in [0.15, 0.2) is 11.5 Å². The Bertz CT molecular complexity index is 3340. The van der Waals surface area contributed by atoms with Gasteiger partial charge >= 0.3 is 24.1 Å². The minimum atomic E-state index is -4.09. The number of hydrogen-bond donors (Lipinski definition) is 3. The Morgan fingerprint density at radius 1 is 0.603 bits per heavy atom. The van der Waals surface area contributed by atoms with Crippen LogP contribution in [0, 0.1) is 13.5 Å². The maximum absolute atomic E-state index is 14.5. The monoisotopic (exact) mass is 1660 g/mol. The van der Waals surface area contributed by atoms with Gasteiger partial charge in [-0.3, -0.25) is 42.3 Å². The molecule has 2 fully saturated rings. The molecule has 7 atom stereocenters. The van der Waals surface area contributed by atoms with Crippen LogP contribution in [-0.4, -0.2) is 130 Å². The van der Waals surface area contributed by atoms with E-state index in [1.54, 1.807) is 26.1 Å². The van der Waals surface area contributed by atoms with Crippen molar-refractivity contribution >= 4 is 41.8 Å². The number of ether oxygens (including phenoxy) is 6. The Hall–Kier alpha value is -5.54. The SMILES string of the molecule is [C-]#[N+]CCSP(=O)(OC[C@H]1O[C@@H](n2ccc(NC(=O)CCC(=O)OCCN(C)C(=O)c3cc(OCCCCCCCCCCCCCCCCCC)c(OCCCCCCCCCCCCCCCCCC)c(OCCCCCCCCCCCCCCCCCC)c3)nc2=O)CC1O)OC1C[C@H](n2cc(C)c(=O)[nH]c2=O)O[C@@H]1CC. The van der Waals surface area contributed by atoms with Gasteiger partial charge in [0.05, 0.1) is 63.5 Å². The van der Waals surface area contributed by atoms with E-state index in [0.29, 0.717) is 54.6 Å². The van der Waals surface area contributed by atoms with Crippen LogP contribution in [0.5, 0.6) is 17.2 Å². The molecule has 23 nitrogen and oxygen atoms in total. The highest BCUT2D eigenvalue weighted by Crippen LogP contribution is 2.63. The molecule has 3 unspecified atom stereocenters. The number of unbranched alkanes of at least 4 members (excludes halogenated alkanes) is 45. The predicted molar refractivity (Wildman–Crippen MR) is 468 cm³/mol. The zero-order valence-corrected chi connectivity index (χ0v) is 74.4. The molecular weight excluding hydrogens is 1510 g/mol. The smallest absolute Gasteiger partial charge is 0.389 e. The minimum absolute atomic E-state index is 0.0164. The fraction of sp³-hybridized carbons (Fsp3) is 0.802. The molecule has 25 heteroatoms. The molecule has 0 bridgehead atoms. The number of aromatic amines is 1. The Kier molecular flexibility index (Phi) is 55.3. The summed E-state index contributed by atoms with van der Waals surface area (Å²) in [7, 11) is 1.65. The van der Waals surface area contributed by atoms with Crippen molar-refractivity contribution in [1.29, 1.82) is 0 Å². The zero-order valence-electron chi connectivity index (χ0n) is 72.6. The van der Waals surface area contributed by atoms with Crippen LogP contribution in [0.25, 0.3) is 4.85 Å². The third-order valence-electron chi connectivity index (χ3n) is 22.4. The van der Waals surface area contributed by atoms with Gasteiger partial charge in [0.2, 0.25) is 18.2 Å². The van der Waals surface area contributed by atoms with Crippen LogP contribution in [0.3, 0.4) is 0 Å². The summed E-state index contributed by atoms with van der Waals surface area (Å²) in [6.45, 7) is 14.4. The summed E-state index contributed by atoms with van der Waals surface area (Å²) >= 11 is 0.812. The number of aliphatic hydroxyl groups is 1. The van der Waals surface area contributed by atoms with Gasteiger partial charge in [-0.15, -0.1) is 0 Å². The Morgan fingerprint density at radius 3 is 1.47 bits per heavy atom. The number of H-pyrrole nitrogens is 1. The zero-order chi connectivity index (χ0) is 83.5. The molecule has 0 spiro atoms. The van der Waals surface area contributed by atoms with Crippen molar-refractivity contribution in [2.75, 3.05) is 64.2 Å². The first kappa shape index (κ1) is 101. The fourth-order valence-corrected chi connectivity index (χ4v) is 18.5. The summed E-state index contributed by atoms with van der Waals surface area (Å²) in [6, 6.07) is 4.92. The predicted octanol–water partition coefficient (Wildman–Crippen LogP) is 22.6. The summed E-state index contributed by atoms with van der Waals surface area (Å²) in [5.74, 6) is -0.0357. The minimum Gasteiger partial charge on any atom is -0.490 e. The second-order valence-corrected chi connectivity index (χ2v) is 36.7. The number of amides is 2. The summed E-state index contributed by atoms with van der Waals surface area (Å²) in [5, 5.41) is 13.7. The number of esters is 1. The lowest BCUT2D eigenvalue weighted by Gasteiger charge is -2.25. The van der Waals surface area contributed by atoms with Gasteiger partial charge in [-0.25, -0.2) is 20.7 Å². The molecule has 0 saturated carbocycles. The van der Waals surface area contributed by atoms with Crippen LogP contribution in [0.4, 0.5) is 5.82 Å². The van der Waals surface area contributed by atoms with Crippen LogP contribution < -0.4 is 36.5 Å². The van der Waals surface area contributed by atoms with Gasteiger partial charge in [-0.2, -0.15) is 4.98 Å². The average molecular weight is 1670 g/mol. The van der Waals surface area contributed by atoms with E-state index < -0.39 is 79.1 Å². The second kappa shape index (κ2) is 63.4. The molecule has 2 saturated heterocycles. The number of nitrogens with one attached hydrogen (secondary N) is 2. The highest BCUT2D eigenvalue weighted by Gasteiger charge is 2.44. The Balaban J connectivity index is 1.13. The van der Waals surface area contributed by atoms with Gasteiger partial charge in [0.1, 0.15) is 31.0 Å². The van der Waals surface area contributed by atoms with Crippen molar-refractivity contribution in [1.82, 2.24) is 24.0 Å². The Labute approximate surface area is 701 Å². The molecule has 3 N–H and O–H groups in total. The largest absolute Gasteiger partial charge is 0.490 e. The number of aliphatic hydroxyl groups excluding tert-OH is 1. The van der Waals surface area contributed by atoms with E-state index in [2.05, 4.69) is 40.9 Å². The van der Waals surface area contributed by atoms with E-state index in [-0.39, 0.29) is 62.9 Å². The first-order valence-corrected chi connectivity index (χ1v) is 49.2. The number of nitrogens with zero attached hydrogens (tertiary/aromatic N) is 5. The standard InChI is InChI=1S/C91H154N7O16PS/c1-8-12-15-18-21-24-27-30-33-36-39-42-45-48-51-54-63-107-79-68-75(69-80(108-64-55-52-49-46-43-40-37-34-31-28-25-22-19-16-13-9-2)87(79)110-65-56-53-50-47-44-41-38-35-32-29-26-23-20-17-14-10-3)89(103)96(7)62-66-109-86(101)58-57-83(100)93-82-59-61-97(90(104)94-82)84-70-76(99)81(113-84)73-111-115(106,116-67-60-92-6)114-78-71-85(112-77(78)11-4)98-72-74(5)88(102)95-91(98)105/h59,61,68-69,72,76-78,81,84-85,99H,8-58,60,62-67,70-71,73H2,1-5,7H3,(H,95,102,105)(H,93,94,100,104)/t76?,77-,78?,81-,84-,85-,115?/m1/s1. The lowest BCUT2D eigenvalue weighted by Crippen LogP contribution is -2.33. The number of carbonyl (C=O) groups excluding carboxylic acids is 3. The molecule has 2 aliphatic heterocycles. The van der Waals surface area contributed by atoms with Crippen molar-refractivity contribution < 1.29 is 61.5 Å². The molecule has 3 aromatic rings. The molecule has 0 aliphatic carbocycles. The van der Waals surface area contributed by atoms with Crippen molar-refractivity contribution in [3.05, 3.63) is 84.5 Å². The maximum atomic E-state index is 14.5. The summed E-state index contributed by atoms with van der Waals surface area (Å²) in [5.41, 5.74) is -1.34. The quantitative estimate of drug-likeness (QED) is 0.0205. The van der Waals surface area contributed by atoms with E-state index in [4.69, 9.17) is 44.0 Å². The topological polar surface area (TPSA) is 272 Å². The summed E-state index contributed by atoms with van der Waals surface area (Å²) in [4.78, 5) is 90.1. The van der Waals surface area contributed by atoms with Gasteiger partial charge in [0, 0.05) is 49.8 Å². The van der Waals surface area contributed by atoms with Crippen molar-refractivity contribution in [3.8, 4) is 17.2 Å². The highest BCUT2D eigenvalue weighted by atomic mass is 32.7. The Morgan fingerprint density at radius 2 is 1.03 bits per heavy atom. The molecule has 2 amide bonds. The number of rotatable bonds is 73. The lowest BCUT2D eigenvalue weighted by atomic mass is 10.0. The van der Waals surface area contributed by atoms with Crippen molar-refractivity contribution in [3.63, 3.8) is 0 Å². The molecular formula is C91H154N7O16PS. The maximum Gasteiger partial charge on any atom is 0.389 e. The first-order chi connectivity index (χ1) is 56.5. The molecule has 0 radical (unpaired) electrons. The number of hydrogen-bond acceptors (Lipinski definition) is 18. The molecule has 5 rings (SSSR count). The number of aryl methyl sites for hydroxylation is 1. The number of carbonyl (C=O) groups is 3. The summed E-state index contributed by atoms with van der Waals surface area (Å²) < 4.78 is 66.5. The van der Waals surface area contributed by atoms with Crippen LogP contribution in [0.1, 0.15) is 396 Å². The fourth-order valence-electron chi connectivity index (χ4n) is 15.2. The van der Waals surface area contributed by atoms with Crippen LogP contribution in [-0.2, 0) is 37.4 Å². The average Bonchev–Trinajstić information content (AvgIpc) is 1.38. The van der Waals surface area contributed by atoms with E-state index in [0.717, 1.165) is 67.3 Å². The van der Waals surface area contributed by atoms with E-state index in [1.807, 2.05) is 6.92 Å². The normalized spacial score (nSPS) is 17.2. The number of benzene rings is 1. The molecule has 1 aromatic carbocycles. The van der Waals surface area contributed by atoms with Gasteiger partial charge in [-0.05, 0) is 62.2 Å². The molecule has 116 heavy (non-hydrogen) atoms. The number of aromatic nitrogens is 4. The molecule has 2 aromatic heterocycles. The lowest BCUT2D eigenvalue weighted by molar-refractivity contribution is -0.144. The number of likely N-dealkylation sites (N-methyl/N-ethyl adjacent to an activating group) is 1. The van der Waals surface area contributed by atoms with Crippen molar-refractivity contribution in [2.45, 2.75) is 412 Å². The summed E-state index contributed by atoms with van der Waals surface area (Å²) in [6.07, 6.45) is 58.4. The first-order valence-electron chi connectivity index (χ1n) is 46.1. The van der Waals surface area contributed by atoms with E-state index in [9.17, 15) is 38.4 Å². The van der Waals surface area contributed by atoms with Crippen LogP contribution in [0.2, 0.25) is 0 Å². The molecule has 660 valence electrons. The number of anilines is 1. The van der Waals surface area contributed by atoms with Gasteiger partial charge in [-0.1, -0.05) is 317 Å². The van der Waals surface area contributed by atoms with E-state index in [1.165, 1.54) is 285 Å². The second-order valence-electron chi connectivity index (χ2n) is 32.5. The highest BCUT2D eigenvalue weighted by molar-refractivity contribution is 8.55. The van der Waals surface area contributed by atoms with Crippen molar-refractivity contribution in [2.24, 2.45) is 0 Å². The van der Waals surface area contributed by atoms with Crippen LogP contribution in [0.15, 0.2) is 45.0 Å².